The summed E-state index contributed by atoms with van der Waals surface area (Å²) >= 11 is 0. The Hall–Kier alpha value is -0.300. The Balaban J connectivity index is 1.46. The lowest BCUT2D eigenvalue weighted by molar-refractivity contribution is -0.0553. The van der Waals surface area contributed by atoms with E-state index in [1.54, 1.807) is 5.57 Å². The summed E-state index contributed by atoms with van der Waals surface area (Å²) in [5.74, 6) is 6.05. The van der Waals surface area contributed by atoms with E-state index in [1.165, 1.54) is 57.8 Å². The van der Waals surface area contributed by atoms with E-state index < -0.39 is 0 Å². The molecule has 0 saturated heterocycles. The summed E-state index contributed by atoms with van der Waals surface area (Å²) in [4.78, 5) is 0. The van der Waals surface area contributed by atoms with Gasteiger partial charge in [0, 0.05) is 13.2 Å². The molecule has 0 radical (unpaired) electrons. The first-order chi connectivity index (χ1) is 11.7. The first-order valence-electron chi connectivity index (χ1n) is 10.9. The van der Waals surface area contributed by atoms with Gasteiger partial charge < -0.3 is 4.74 Å². The zero-order chi connectivity index (χ0) is 16.7. The molecule has 0 aromatic rings. The van der Waals surface area contributed by atoms with Crippen molar-refractivity contribution in [3.8, 4) is 0 Å². The SMILES string of the molecule is C/C=C1/CCC2C3CCC4CC(COCC)CC[C@@H]4C3CCC12C. The lowest BCUT2D eigenvalue weighted by Gasteiger charge is -2.55. The highest BCUT2D eigenvalue weighted by atomic mass is 16.5. The molecule has 4 saturated carbocycles. The fourth-order valence-corrected chi connectivity index (χ4v) is 7.71. The molecule has 7 atom stereocenters. The molecule has 4 fully saturated rings. The van der Waals surface area contributed by atoms with Crippen molar-refractivity contribution in [2.24, 2.45) is 40.9 Å². The van der Waals surface area contributed by atoms with Gasteiger partial charge in [0.25, 0.3) is 0 Å². The second-order valence-electron chi connectivity index (χ2n) is 9.58. The highest BCUT2D eigenvalue weighted by Crippen LogP contribution is 2.64. The summed E-state index contributed by atoms with van der Waals surface area (Å²) in [5, 5.41) is 0. The third-order valence-electron chi connectivity index (χ3n) is 8.82. The zero-order valence-electron chi connectivity index (χ0n) is 16.2. The first kappa shape index (κ1) is 17.1. The van der Waals surface area contributed by atoms with Gasteiger partial charge in [0.1, 0.15) is 0 Å². The Labute approximate surface area is 149 Å². The molecule has 0 aromatic carbocycles. The molecular weight excluding hydrogens is 292 g/mol. The lowest BCUT2D eigenvalue weighted by Crippen LogP contribution is -2.47. The minimum Gasteiger partial charge on any atom is -0.381 e. The predicted molar refractivity (Wildman–Crippen MR) is 101 cm³/mol. The van der Waals surface area contributed by atoms with Crippen LogP contribution in [-0.2, 0) is 4.74 Å². The topological polar surface area (TPSA) is 9.23 Å². The van der Waals surface area contributed by atoms with Crippen molar-refractivity contribution in [1.29, 1.82) is 0 Å². The normalized spacial score (nSPS) is 49.5. The molecule has 0 spiro atoms. The van der Waals surface area contributed by atoms with Crippen LogP contribution in [0.2, 0.25) is 0 Å². The minimum atomic E-state index is 0.564. The van der Waals surface area contributed by atoms with Crippen molar-refractivity contribution < 1.29 is 4.74 Å². The number of hydrogen-bond acceptors (Lipinski definition) is 1. The summed E-state index contributed by atoms with van der Waals surface area (Å²) in [5.41, 5.74) is 2.36. The van der Waals surface area contributed by atoms with E-state index in [4.69, 9.17) is 4.74 Å². The number of ether oxygens (including phenoxy) is 1. The Morgan fingerprint density at radius 1 is 1.04 bits per heavy atom. The van der Waals surface area contributed by atoms with Crippen LogP contribution in [0, 0.1) is 40.9 Å². The van der Waals surface area contributed by atoms with Crippen LogP contribution in [0.1, 0.15) is 78.6 Å². The average molecular weight is 331 g/mol. The van der Waals surface area contributed by atoms with Gasteiger partial charge in [-0.3, -0.25) is 0 Å². The van der Waals surface area contributed by atoms with Gasteiger partial charge in [-0.05, 0) is 113 Å². The number of fused-ring (bicyclic) bond motifs is 5. The maximum Gasteiger partial charge on any atom is 0.0494 e. The van der Waals surface area contributed by atoms with Gasteiger partial charge in [0.2, 0.25) is 0 Å². The van der Waals surface area contributed by atoms with Gasteiger partial charge in [-0.15, -0.1) is 0 Å². The molecule has 0 bridgehead atoms. The van der Waals surface area contributed by atoms with Crippen LogP contribution in [0.15, 0.2) is 11.6 Å². The van der Waals surface area contributed by atoms with Crippen molar-refractivity contribution in [2.75, 3.05) is 13.2 Å². The fourth-order valence-electron chi connectivity index (χ4n) is 7.71. The number of hydrogen-bond donors (Lipinski definition) is 0. The summed E-state index contributed by atoms with van der Waals surface area (Å²) in [7, 11) is 0. The molecule has 0 amide bonds. The Morgan fingerprint density at radius 2 is 1.88 bits per heavy atom. The summed E-state index contributed by atoms with van der Waals surface area (Å²) in [6.07, 6.45) is 15.8. The average Bonchev–Trinajstić information content (AvgIpc) is 2.95. The quantitative estimate of drug-likeness (QED) is 0.557. The van der Waals surface area contributed by atoms with Gasteiger partial charge in [-0.25, -0.2) is 0 Å². The molecule has 6 unspecified atom stereocenters. The van der Waals surface area contributed by atoms with Crippen LogP contribution in [0.4, 0.5) is 0 Å². The van der Waals surface area contributed by atoms with Crippen molar-refractivity contribution in [3.05, 3.63) is 11.6 Å². The standard InChI is InChI=1S/C23H38O/c1-4-18-8-11-22-21-10-7-17-14-16(15-24-5-2)6-9-19(17)20(21)12-13-23(18,22)3/h4,16-17,19-22H,5-15H2,1-3H3/b18-4-/t16?,17?,19-,20?,21?,22?,23?/m0/s1. The maximum atomic E-state index is 5.75. The van der Waals surface area contributed by atoms with Gasteiger partial charge in [0.15, 0.2) is 0 Å². The van der Waals surface area contributed by atoms with E-state index in [9.17, 15) is 0 Å². The van der Waals surface area contributed by atoms with E-state index in [0.717, 1.165) is 48.7 Å². The molecule has 136 valence electrons. The van der Waals surface area contributed by atoms with Crippen molar-refractivity contribution in [2.45, 2.75) is 78.6 Å². The smallest absolute Gasteiger partial charge is 0.0494 e. The zero-order valence-corrected chi connectivity index (χ0v) is 16.2. The van der Waals surface area contributed by atoms with E-state index in [1.807, 2.05) is 0 Å². The van der Waals surface area contributed by atoms with Crippen LogP contribution in [-0.4, -0.2) is 13.2 Å². The molecule has 24 heavy (non-hydrogen) atoms. The largest absolute Gasteiger partial charge is 0.381 e. The van der Waals surface area contributed by atoms with E-state index in [0.29, 0.717) is 5.41 Å². The second kappa shape index (κ2) is 6.78. The summed E-state index contributed by atoms with van der Waals surface area (Å²) < 4.78 is 5.75. The molecule has 1 heteroatoms. The Kier molecular flexibility index (Phi) is 4.84. The third-order valence-corrected chi connectivity index (χ3v) is 8.82. The van der Waals surface area contributed by atoms with Crippen LogP contribution in [0.5, 0.6) is 0 Å². The molecule has 4 aliphatic rings. The molecule has 0 aliphatic heterocycles. The highest BCUT2D eigenvalue weighted by Gasteiger charge is 2.54. The number of rotatable bonds is 3. The molecule has 1 nitrogen and oxygen atoms in total. The van der Waals surface area contributed by atoms with Gasteiger partial charge in [-0.2, -0.15) is 0 Å². The van der Waals surface area contributed by atoms with E-state index >= 15 is 0 Å². The highest BCUT2D eigenvalue weighted by molar-refractivity contribution is 5.23. The maximum absolute atomic E-state index is 5.75. The first-order valence-corrected chi connectivity index (χ1v) is 10.9. The lowest BCUT2D eigenvalue weighted by atomic mass is 9.50. The molecule has 0 heterocycles. The number of allylic oxidation sites excluding steroid dienone is 2. The predicted octanol–water partition coefficient (Wildman–Crippen LogP) is 6.24. The van der Waals surface area contributed by atoms with Gasteiger partial charge in [-0.1, -0.05) is 18.6 Å². The Morgan fingerprint density at radius 3 is 2.67 bits per heavy atom. The third kappa shape index (κ3) is 2.70. The molecule has 0 aromatic heterocycles. The van der Waals surface area contributed by atoms with Crippen molar-refractivity contribution in [3.63, 3.8) is 0 Å². The van der Waals surface area contributed by atoms with E-state index in [-0.39, 0.29) is 0 Å². The summed E-state index contributed by atoms with van der Waals surface area (Å²) in [6, 6.07) is 0. The molecular formula is C23H38O. The van der Waals surface area contributed by atoms with Crippen LogP contribution >= 0.6 is 0 Å². The molecule has 4 rings (SSSR count). The summed E-state index contributed by atoms with van der Waals surface area (Å²) in [6.45, 7) is 8.95. The Bertz CT molecular complexity index is 480. The van der Waals surface area contributed by atoms with Crippen molar-refractivity contribution in [1.82, 2.24) is 0 Å². The molecule has 0 N–H and O–H groups in total. The monoisotopic (exact) mass is 330 g/mol. The van der Waals surface area contributed by atoms with Crippen molar-refractivity contribution >= 4 is 0 Å². The van der Waals surface area contributed by atoms with Crippen LogP contribution < -0.4 is 0 Å². The van der Waals surface area contributed by atoms with Crippen LogP contribution in [0.25, 0.3) is 0 Å². The molecule has 4 aliphatic carbocycles. The van der Waals surface area contributed by atoms with Gasteiger partial charge >= 0.3 is 0 Å². The van der Waals surface area contributed by atoms with Gasteiger partial charge in [0.05, 0.1) is 0 Å². The minimum absolute atomic E-state index is 0.564. The fraction of sp³-hybridized carbons (Fsp3) is 0.913. The van der Waals surface area contributed by atoms with Crippen LogP contribution in [0.3, 0.4) is 0 Å². The van der Waals surface area contributed by atoms with E-state index in [2.05, 4.69) is 26.8 Å². The second-order valence-corrected chi connectivity index (χ2v) is 9.58.